The third-order valence-corrected chi connectivity index (χ3v) is 3.96. The largest absolute Gasteiger partial charge is 0.573 e. The fourth-order valence-electron chi connectivity index (χ4n) is 3.07. The second-order valence-electron chi connectivity index (χ2n) is 5.33. The van der Waals surface area contributed by atoms with Crippen LogP contribution in [-0.4, -0.2) is 11.3 Å². The van der Waals surface area contributed by atoms with Gasteiger partial charge in [-0.2, -0.15) is 0 Å². The zero-order valence-electron chi connectivity index (χ0n) is 11.0. The summed E-state index contributed by atoms with van der Waals surface area (Å²) in [7, 11) is 0. The van der Waals surface area contributed by atoms with Crippen LogP contribution < -0.4 is 4.74 Å². The highest BCUT2D eigenvalue weighted by molar-refractivity contribution is 5.85. The minimum Gasteiger partial charge on any atom is -0.406 e. The van der Waals surface area contributed by atoms with Crippen LogP contribution in [0.1, 0.15) is 43.6 Å². The summed E-state index contributed by atoms with van der Waals surface area (Å²) in [6, 6.07) is 4.48. The smallest absolute Gasteiger partial charge is 0.406 e. The molecule has 1 aromatic heterocycles. The molecule has 2 nitrogen and oxygen atoms in total. The number of aromatic amines is 1. The highest BCUT2D eigenvalue weighted by Gasteiger charge is 2.31. The van der Waals surface area contributed by atoms with Gasteiger partial charge in [-0.1, -0.05) is 19.3 Å². The van der Waals surface area contributed by atoms with Gasteiger partial charge in [-0.3, -0.25) is 0 Å². The molecule has 0 amide bonds. The van der Waals surface area contributed by atoms with Gasteiger partial charge in [0.15, 0.2) is 0 Å². The fourth-order valence-corrected chi connectivity index (χ4v) is 3.07. The Morgan fingerprint density at radius 3 is 2.55 bits per heavy atom. The predicted octanol–water partition coefficient (Wildman–Crippen LogP) is 5.11. The fraction of sp³-hybridized carbons (Fsp3) is 0.467. The van der Waals surface area contributed by atoms with Crippen LogP contribution in [0.2, 0.25) is 0 Å². The molecule has 3 rings (SSSR count). The van der Waals surface area contributed by atoms with Crippen LogP contribution in [0.15, 0.2) is 24.4 Å². The molecule has 2 aromatic rings. The first kappa shape index (κ1) is 13.3. The lowest BCUT2D eigenvalue weighted by Crippen LogP contribution is -2.17. The molecular weight excluding hydrogens is 267 g/mol. The van der Waals surface area contributed by atoms with Gasteiger partial charge in [0.2, 0.25) is 0 Å². The van der Waals surface area contributed by atoms with E-state index < -0.39 is 6.36 Å². The van der Waals surface area contributed by atoms with Crippen molar-refractivity contribution < 1.29 is 17.9 Å². The monoisotopic (exact) mass is 283 g/mol. The molecule has 1 aliphatic carbocycles. The topological polar surface area (TPSA) is 25.0 Å². The van der Waals surface area contributed by atoms with Crippen LogP contribution in [0.25, 0.3) is 10.9 Å². The average Bonchev–Trinajstić information content (AvgIpc) is 2.81. The summed E-state index contributed by atoms with van der Waals surface area (Å²) in [5, 5.41) is 0.846. The van der Waals surface area contributed by atoms with Crippen molar-refractivity contribution in [1.29, 1.82) is 0 Å². The van der Waals surface area contributed by atoms with E-state index >= 15 is 0 Å². The van der Waals surface area contributed by atoms with Crippen LogP contribution in [0.4, 0.5) is 13.2 Å². The molecule has 108 valence electrons. The molecule has 1 N–H and O–H groups in total. The SMILES string of the molecule is FC(F)(F)Oc1ccc2[nH]cc(C3CCCCC3)c2c1. The third kappa shape index (κ3) is 2.76. The number of fused-ring (bicyclic) bond motifs is 1. The lowest BCUT2D eigenvalue weighted by atomic mass is 9.84. The van der Waals surface area contributed by atoms with Crippen LogP contribution in [0.5, 0.6) is 5.75 Å². The number of ether oxygens (including phenoxy) is 1. The van der Waals surface area contributed by atoms with Gasteiger partial charge in [-0.15, -0.1) is 13.2 Å². The summed E-state index contributed by atoms with van der Waals surface area (Å²) >= 11 is 0. The molecule has 0 atom stereocenters. The van der Waals surface area contributed by atoms with Crippen molar-refractivity contribution in [3.63, 3.8) is 0 Å². The van der Waals surface area contributed by atoms with Gasteiger partial charge >= 0.3 is 6.36 Å². The molecule has 0 radical (unpaired) electrons. The van der Waals surface area contributed by atoms with Crippen LogP contribution >= 0.6 is 0 Å². The quantitative estimate of drug-likeness (QED) is 0.813. The van der Waals surface area contributed by atoms with E-state index in [0.717, 1.165) is 29.3 Å². The molecular formula is C15H16F3NO. The van der Waals surface area contributed by atoms with Crippen LogP contribution in [-0.2, 0) is 0 Å². The van der Waals surface area contributed by atoms with E-state index in [2.05, 4.69) is 9.72 Å². The van der Waals surface area contributed by atoms with Crippen molar-refractivity contribution in [2.45, 2.75) is 44.4 Å². The van der Waals surface area contributed by atoms with Crippen molar-refractivity contribution in [3.05, 3.63) is 30.0 Å². The molecule has 5 heteroatoms. The lowest BCUT2D eigenvalue weighted by molar-refractivity contribution is -0.274. The van der Waals surface area contributed by atoms with Crippen LogP contribution in [0, 0.1) is 0 Å². The third-order valence-electron chi connectivity index (χ3n) is 3.96. The molecule has 1 aliphatic rings. The molecule has 1 heterocycles. The number of alkyl halides is 3. The molecule has 20 heavy (non-hydrogen) atoms. The van der Waals surface area contributed by atoms with E-state index in [4.69, 9.17) is 0 Å². The van der Waals surface area contributed by atoms with Crippen molar-refractivity contribution in [3.8, 4) is 5.75 Å². The zero-order chi connectivity index (χ0) is 14.2. The van der Waals surface area contributed by atoms with Gasteiger partial charge in [0, 0.05) is 17.1 Å². The molecule has 0 saturated heterocycles. The molecule has 0 bridgehead atoms. The summed E-state index contributed by atoms with van der Waals surface area (Å²) in [6.45, 7) is 0. The van der Waals surface area contributed by atoms with Gasteiger partial charge in [0.05, 0.1) is 0 Å². The van der Waals surface area contributed by atoms with Crippen molar-refractivity contribution in [2.24, 2.45) is 0 Å². The van der Waals surface area contributed by atoms with Gasteiger partial charge in [0.25, 0.3) is 0 Å². The van der Waals surface area contributed by atoms with E-state index in [0.29, 0.717) is 5.92 Å². The maximum Gasteiger partial charge on any atom is 0.573 e. The Morgan fingerprint density at radius 1 is 1.10 bits per heavy atom. The van der Waals surface area contributed by atoms with Crippen molar-refractivity contribution in [1.82, 2.24) is 4.98 Å². The number of rotatable bonds is 2. The number of hydrogen-bond acceptors (Lipinski definition) is 1. The minimum absolute atomic E-state index is 0.151. The summed E-state index contributed by atoms with van der Waals surface area (Å²) in [5.41, 5.74) is 1.98. The van der Waals surface area contributed by atoms with Gasteiger partial charge in [0.1, 0.15) is 5.75 Å². The highest BCUT2D eigenvalue weighted by Crippen LogP contribution is 2.37. The number of aromatic nitrogens is 1. The number of halogens is 3. The maximum atomic E-state index is 12.3. The van der Waals surface area contributed by atoms with E-state index in [1.165, 1.54) is 31.4 Å². The molecule has 1 aromatic carbocycles. The summed E-state index contributed by atoms with van der Waals surface area (Å²) in [5.74, 6) is 0.292. The number of hydrogen-bond donors (Lipinski definition) is 1. The minimum atomic E-state index is -4.64. The summed E-state index contributed by atoms with van der Waals surface area (Å²) < 4.78 is 40.9. The van der Waals surface area contributed by atoms with Gasteiger partial charge < -0.3 is 9.72 Å². The van der Waals surface area contributed by atoms with Crippen molar-refractivity contribution >= 4 is 10.9 Å². The number of H-pyrrole nitrogens is 1. The van der Waals surface area contributed by atoms with E-state index in [-0.39, 0.29) is 5.75 Å². The second-order valence-corrected chi connectivity index (χ2v) is 5.33. The molecule has 0 unspecified atom stereocenters. The number of nitrogens with one attached hydrogen (secondary N) is 1. The Labute approximate surface area is 114 Å². The number of benzene rings is 1. The van der Waals surface area contributed by atoms with Crippen molar-refractivity contribution in [2.75, 3.05) is 0 Å². The molecule has 1 fully saturated rings. The second kappa shape index (κ2) is 5.04. The first-order valence-corrected chi connectivity index (χ1v) is 6.90. The van der Waals surface area contributed by atoms with Gasteiger partial charge in [-0.05, 0) is 42.5 Å². The standard InChI is InChI=1S/C15H16F3NO/c16-15(17,18)20-11-6-7-14-12(8-11)13(9-19-14)10-4-2-1-3-5-10/h6-10,19H,1-5H2. The normalized spacial score (nSPS) is 17.6. The van der Waals surface area contributed by atoms with E-state index in [9.17, 15) is 13.2 Å². The Bertz CT molecular complexity index is 597. The summed E-state index contributed by atoms with van der Waals surface area (Å²) in [4.78, 5) is 3.14. The Morgan fingerprint density at radius 2 is 1.85 bits per heavy atom. The average molecular weight is 283 g/mol. The first-order chi connectivity index (χ1) is 9.53. The molecule has 0 aliphatic heterocycles. The zero-order valence-corrected chi connectivity index (χ0v) is 11.0. The Kier molecular flexibility index (Phi) is 3.36. The lowest BCUT2D eigenvalue weighted by Gasteiger charge is -2.21. The predicted molar refractivity (Wildman–Crippen MR) is 70.8 cm³/mol. The van der Waals surface area contributed by atoms with Crippen LogP contribution in [0.3, 0.4) is 0 Å². The Hall–Kier alpha value is -1.65. The van der Waals surface area contributed by atoms with E-state index in [1.807, 2.05) is 6.20 Å². The highest BCUT2D eigenvalue weighted by atomic mass is 19.4. The van der Waals surface area contributed by atoms with Gasteiger partial charge in [-0.25, -0.2) is 0 Å². The Balaban J connectivity index is 1.94. The molecule has 0 spiro atoms. The molecule has 1 saturated carbocycles. The maximum absolute atomic E-state index is 12.3. The van der Waals surface area contributed by atoms with E-state index in [1.54, 1.807) is 6.07 Å². The summed E-state index contributed by atoms with van der Waals surface area (Å²) in [6.07, 6.45) is 3.13. The first-order valence-electron chi connectivity index (χ1n) is 6.90.